The second-order valence-corrected chi connectivity index (χ2v) is 6.20. The molecule has 2 amide bonds. The molecular formula is C22H20N4O2. The Kier molecular flexibility index (Phi) is 5.81. The van der Waals surface area contributed by atoms with Crippen molar-refractivity contribution in [3.63, 3.8) is 0 Å². The molecule has 0 saturated carbocycles. The fourth-order valence-corrected chi connectivity index (χ4v) is 2.81. The summed E-state index contributed by atoms with van der Waals surface area (Å²) in [7, 11) is 0. The molecule has 0 aliphatic heterocycles. The van der Waals surface area contributed by atoms with Crippen molar-refractivity contribution in [2.75, 3.05) is 5.32 Å². The van der Waals surface area contributed by atoms with Crippen molar-refractivity contribution >= 4 is 23.6 Å². The van der Waals surface area contributed by atoms with Gasteiger partial charge in [0.15, 0.2) is 0 Å². The minimum Gasteiger partial charge on any atom is -0.401 e. The SMILES string of the molecule is NC(=O)C(C(N)=Cc1ccccc1)c1ccc(C(=O)Nc2ccncc2)cc1. The zero-order valence-corrected chi connectivity index (χ0v) is 15.1. The molecular weight excluding hydrogens is 352 g/mol. The first-order valence-corrected chi connectivity index (χ1v) is 8.67. The Hall–Kier alpha value is -3.93. The molecule has 6 nitrogen and oxygen atoms in total. The third kappa shape index (κ3) is 4.62. The smallest absolute Gasteiger partial charge is 0.255 e. The molecule has 0 radical (unpaired) electrons. The van der Waals surface area contributed by atoms with Crippen molar-refractivity contribution < 1.29 is 9.59 Å². The number of hydrogen-bond donors (Lipinski definition) is 3. The molecule has 3 aromatic rings. The van der Waals surface area contributed by atoms with Crippen molar-refractivity contribution in [2.24, 2.45) is 11.5 Å². The monoisotopic (exact) mass is 372 g/mol. The van der Waals surface area contributed by atoms with Gasteiger partial charge in [-0.3, -0.25) is 14.6 Å². The van der Waals surface area contributed by atoms with Crippen molar-refractivity contribution in [1.82, 2.24) is 4.98 Å². The number of hydrogen-bond acceptors (Lipinski definition) is 4. The van der Waals surface area contributed by atoms with Crippen LogP contribution < -0.4 is 16.8 Å². The summed E-state index contributed by atoms with van der Waals surface area (Å²) in [6.07, 6.45) is 4.91. The lowest BCUT2D eigenvalue weighted by Gasteiger charge is -2.15. The van der Waals surface area contributed by atoms with E-state index in [1.54, 1.807) is 54.9 Å². The van der Waals surface area contributed by atoms with Gasteiger partial charge in [-0.1, -0.05) is 42.5 Å². The first-order valence-electron chi connectivity index (χ1n) is 8.67. The number of nitrogens with one attached hydrogen (secondary N) is 1. The molecule has 0 spiro atoms. The van der Waals surface area contributed by atoms with Crippen molar-refractivity contribution in [3.8, 4) is 0 Å². The standard InChI is InChI=1S/C22H20N4O2/c23-19(14-15-4-2-1-3-5-15)20(21(24)27)16-6-8-17(9-7-16)22(28)26-18-10-12-25-13-11-18/h1-14,20H,23H2,(H2,24,27)(H,25,26,28). The molecule has 1 unspecified atom stereocenters. The van der Waals surface area contributed by atoms with Crippen molar-refractivity contribution in [1.29, 1.82) is 0 Å². The molecule has 1 aromatic heterocycles. The number of anilines is 1. The van der Waals surface area contributed by atoms with Crippen molar-refractivity contribution in [2.45, 2.75) is 5.92 Å². The van der Waals surface area contributed by atoms with E-state index < -0.39 is 11.8 Å². The fraction of sp³-hybridized carbons (Fsp3) is 0.0455. The third-order valence-electron chi connectivity index (χ3n) is 4.20. The number of pyridine rings is 1. The van der Waals surface area contributed by atoms with Crippen LogP contribution >= 0.6 is 0 Å². The molecule has 1 heterocycles. The second kappa shape index (κ2) is 8.64. The molecule has 0 aliphatic carbocycles. The Morgan fingerprint density at radius 1 is 0.893 bits per heavy atom. The van der Waals surface area contributed by atoms with E-state index in [2.05, 4.69) is 10.3 Å². The van der Waals surface area contributed by atoms with E-state index in [-0.39, 0.29) is 5.91 Å². The summed E-state index contributed by atoms with van der Waals surface area (Å²) in [5, 5.41) is 2.78. The van der Waals surface area contributed by atoms with Gasteiger partial charge in [0, 0.05) is 29.3 Å². The molecule has 28 heavy (non-hydrogen) atoms. The number of nitrogens with zero attached hydrogens (tertiary/aromatic N) is 1. The van der Waals surface area contributed by atoms with Crippen LogP contribution in [0.3, 0.4) is 0 Å². The van der Waals surface area contributed by atoms with Crippen LogP contribution in [0.5, 0.6) is 0 Å². The predicted molar refractivity (Wildman–Crippen MR) is 109 cm³/mol. The maximum Gasteiger partial charge on any atom is 0.255 e. The third-order valence-corrected chi connectivity index (χ3v) is 4.20. The molecule has 6 heteroatoms. The number of carbonyl (C=O) groups excluding carboxylic acids is 2. The van der Waals surface area contributed by atoms with Crippen LogP contribution in [0.25, 0.3) is 6.08 Å². The largest absolute Gasteiger partial charge is 0.401 e. The maximum atomic E-state index is 12.3. The van der Waals surface area contributed by atoms with Gasteiger partial charge in [-0.15, -0.1) is 0 Å². The summed E-state index contributed by atoms with van der Waals surface area (Å²) < 4.78 is 0. The lowest BCUT2D eigenvalue weighted by Crippen LogP contribution is -2.26. The lowest BCUT2D eigenvalue weighted by molar-refractivity contribution is -0.118. The number of amides is 2. The first-order chi connectivity index (χ1) is 13.5. The molecule has 0 fully saturated rings. The predicted octanol–water partition coefficient (Wildman–Crippen LogP) is 2.90. The van der Waals surface area contributed by atoms with Gasteiger partial charge < -0.3 is 16.8 Å². The Morgan fingerprint density at radius 2 is 1.54 bits per heavy atom. The molecule has 2 aromatic carbocycles. The normalized spacial score (nSPS) is 12.2. The van der Waals surface area contributed by atoms with Gasteiger partial charge in [0.05, 0.1) is 0 Å². The highest BCUT2D eigenvalue weighted by Gasteiger charge is 2.21. The number of primary amides is 1. The van der Waals surface area contributed by atoms with Crippen molar-refractivity contribution in [3.05, 3.63) is 102 Å². The molecule has 3 rings (SSSR count). The van der Waals surface area contributed by atoms with Crippen LogP contribution in [0.4, 0.5) is 5.69 Å². The van der Waals surface area contributed by atoms with E-state index in [0.717, 1.165) is 5.56 Å². The lowest BCUT2D eigenvalue weighted by atomic mass is 9.93. The Labute approximate surface area is 162 Å². The number of rotatable bonds is 6. The highest BCUT2D eigenvalue weighted by molar-refractivity contribution is 6.04. The van der Waals surface area contributed by atoms with E-state index >= 15 is 0 Å². The van der Waals surface area contributed by atoms with Gasteiger partial charge in [-0.05, 0) is 41.5 Å². The maximum absolute atomic E-state index is 12.3. The molecule has 140 valence electrons. The number of benzene rings is 2. The van der Waals surface area contributed by atoms with E-state index in [1.165, 1.54) is 0 Å². The Balaban J connectivity index is 1.80. The minimum atomic E-state index is -0.780. The van der Waals surface area contributed by atoms with Crippen LogP contribution in [0.15, 0.2) is 84.8 Å². The molecule has 0 saturated heterocycles. The minimum absolute atomic E-state index is 0.263. The first kappa shape index (κ1) is 18.8. The average molecular weight is 372 g/mol. The summed E-state index contributed by atoms with van der Waals surface area (Å²) in [5.41, 5.74) is 14.7. The summed E-state index contributed by atoms with van der Waals surface area (Å²) >= 11 is 0. The molecule has 0 bridgehead atoms. The molecule has 5 N–H and O–H groups in total. The molecule has 0 aliphatic rings. The highest BCUT2D eigenvalue weighted by atomic mass is 16.2. The Morgan fingerprint density at radius 3 is 2.14 bits per heavy atom. The van der Waals surface area contributed by atoms with Gasteiger partial charge in [0.1, 0.15) is 5.92 Å². The van der Waals surface area contributed by atoms with Crippen LogP contribution in [0, 0.1) is 0 Å². The summed E-state index contributed by atoms with van der Waals surface area (Å²) in [5.74, 6) is -1.60. The van der Waals surface area contributed by atoms with E-state index in [1.807, 2.05) is 30.3 Å². The van der Waals surface area contributed by atoms with Crippen LogP contribution in [0.1, 0.15) is 27.4 Å². The van der Waals surface area contributed by atoms with Gasteiger partial charge in [-0.25, -0.2) is 0 Å². The van der Waals surface area contributed by atoms with Crippen LogP contribution in [0.2, 0.25) is 0 Å². The fourth-order valence-electron chi connectivity index (χ4n) is 2.81. The van der Waals surface area contributed by atoms with E-state index in [0.29, 0.717) is 22.5 Å². The number of carbonyl (C=O) groups is 2. The zero-order chi connectivity index (χ0) is 19.9. The van der Waals surface area contributed by atoms with Gasteiger partial charge >= 0.3 is 0 Å². The van der Waals surface area contributed by atoms with Gasteiger partial charge in [-0.2, -0.15) is 0 Å². The Bertz CT molecular complexity index is 984. The molecule has 1 atom stereocenters. The van der Waals surface area contributed by atoms with E-state index in [4.69, 9.17) is 11.5 Å². The van der Waals surface area contributed by atoms with E-state index in [9.17, 15) is 9.59 Å². The summed E-state index contributed by atoms with van der Waals surface area (Å²) in [4.78, 5) is 28.3. The quantitative estimate of drug-likeness (QED) is 0.618. The number of aromatic nitrogens is 1. The highest BCUT2D eigenvalue weighted by Crippen LogP contribution is 2.23. The second-order valence-electron chi connectivity index (χ2n) is 6.20. The number of nitrogens with two attached hydrogens (primary N) is 2. The van der Waals surface area contributed by atoms with Crippen LogP contribution in [-0.4, -0.2) is 16.8 Å². The average Bonchev–Trinajstić information content (AvgIpc) is 2.70. The van der Waals surface area contributed by atoms with Gasteiger partial charge in [0.25, 0.3) is 5.91 Å². The zero-order valence-electron chi connectivity index (χ0n) is 15.1. The van der Waals surface area contributed by atoms with Gasteiger partial charge in [0.2, 0.25) is 5.91 Å². The summed E-state index contributed by atoms with van der Waals surface area (Å²) in [6.45, 7) is 0. The topological polar surface area (TPSA) is 111 Å². The van der Waals surface area contributed by atoms with Crippen LogP contribution in [-0.2, 0) is 4.79 Å². The summed E-state index contributed by atoms with van der Waals surface area (Å²) in [6, 6.07) is 19.5.